The molecule has 0 radical (unpaired) electrons. The largest absolute Gasteiger partial charge is 0.298 e. The Morgan fingerprint density at radius 3 is 2.73 bits per heavy atom. The van der Waals surface area contributed by atoms with Crippen molar-refractivity contribution in [3.8, 4) is 5.69 Å². The van der Waals surface area contributed by atoms with Gasteiger partial charge in [0, 0.05) is 6.42 Å². The van der Waals surface area contributed by atoms with Crippen LogP contribution >= 0.6 is 23.4 Å². The van der Waals surface area contributed by atoms with Gasteiger partial charge in [-0.05, 0) is 43.2 Å². The molecule has 0 bridgehead atoms. The number of para-hydroxylation sites is 1. The predicted octanol–water partition coefficient (Wildman–Crippen LogP) is 4.39. The van der Waals surface area contributed by atoms with Crippen molar-refractivity contribution in [1.82, 2.24) is 9.55 Å². The highest BCUT2D eigenvalue weighted by atomic mass is 35.5. The molecule has 1 aliphatic rings. The smallest absolute Gasteiger partial charge is 0.266 e. The van der Waals surface area contributed by atoms with E-state index in [1.807, 2.05) is 6.07 Å². The van der Waals surface area contributed by atoms with Crippen molar-refractivity contribution in [2.45, 2.75) is 29.7 Å². The molecule has 1 fully saturated rings. The first-order valence-electron chi connectivity index (χ1n) is 8.21. The SMILES string of the molecule is O=C1CCC[C@@H]1Sc1nc2ccccc2c(=O)n1-c1ccc(F)c(Cl)c1. The molecule has 0 amide bonds. The Bertz CT molecular complexity index is 1080. The van der Waals surface area contributed by atoms with E-state index in [2.05, 4.69) is 4.98 Å². The Labute approximate surface area is 158 Å². The number of fused-ring (bicyclic) bond motifs is 1. The fraction of sp³-hybridized carbons (Fsp3) is 0.211. The fourth-order valence-electron chi connectivity index (χ4n) is 3.08. The highest BCUT2D eigenvalue weighted by Crippen LogP contribution is 2.33. The molecule has 0 spiro atoms. The van der Waals surface area contributed by atoms with Gasteiger partial charge in [0.05, 0.1) is 26.9 Å². The zero-order valence-electron chi connectivity index (χ0n) is 13.6. The maximum atomic E-state index is 13.6. The van der Waals surface area contributed by atoms with Gasteiger partial charge in [-0.2, -0.15) is 0 Å². The number of hydrogen-bond acceptors (Lipinski definition) is 4. The lowest BCUT2D eigenvalue weighted by atomic mass is 10.2. The first-order chi connectivity index (χ1) is 12.5. The Kier molecular flexibility index (Phi) is 4.54. The minimum Gasteiger partial charge on any atom is -0.298 e. The van der Waals surface area contributed by atoms with Crippen molar-refractivity contribution >= 4 is 40.0 Å². The third kappa shape index (κ3) is 3.04. The number of thioether (sulfide) groups is 1. The monoisotopic (exact) mass is 388 g/mol. The number of nitrogens with zero attached hydrogens (tertiary/aromatic N) is 2. The summed E-state index contributed by atoms with van der Waals surface area (Å²) in [6, 6.07) is 11.1. The van der Waals surface area contributed by atoms with E-state index < -0.39 is 5.82 Å². The third-order valence-electron chi connectivity index (χ3n) is 4.40. The number of benzene rings is 2. The minimum atomic E-state index is -0.558. The molecule has 26 heavy (non-hydrogen) atoms. The summed E-state index contributed by atoms with van der Waals surface area (Å²) in [5.41, 5.74) is 0.716. The number of halogens is 2. The average Bonchev–Trinajstić information content (AvgIpc) is 3.03. The Morgan fingerprint density at radius 1 is 1.19 bits per heavy atom. The van der Waals surface area contributed by atoms with Gasteiger partial charge in [-0.3, -0.25) is 14.2 Å². The number of Topliss-reactive ketones (excluding diaryl/α,β-unsaturated/α-hetero) is 1. The topological polar surface area (TPSA) is 52.0 Å². The van der Waals surface area contributed by atoms with Gasteiger partial charge in [0.1, 0.15) is 11.6 Å². The molecule has 132 valence electrons. The van der Waals surface area contributed by atoms with Crippen molar-refractivity contribution in [3.63, 3.8) is 0 Å². The van der Waals surface area contributed by atoms with E-state index in [4.69, 9.17) is 11.6 Å². The van der Waals surface area contributed by atoms with Crippen LogP contribution in [0.1, 0.15) is 19.3 Å². The van der Waals surface area contributed by atoms with Gasteiger partial charge in [0.25, 0.3) is 5.56 Å². The van der Waals surface area contributed by atoms with Crippen LogP contribution in [-0.2, 0) is 4.79 Å². The Balaban J connectivity index is 1.94. The van der Waals surface area contributed by atoms with E-state index in [-0.39, 0.29) is 21.6 Å². The molecule has 1 atom stereocenters. The molecule has 0 saturated heterocycles. The van der Waals surface area contributed by atoms with Crippen LogP contribution in [0.15, 0.2) is 52.4 Å². The molecule has 2 aromatic carbocycles. The van der Waals surface area contributed by atoms with Gasteiger partial charge in [-0.1, -0.05) is 35.5 Å². The zero-order valence-corrected chi connectivity index (χ0v) is 15.2. The summed E-state index contributed by atoms with van der Waals surface area (Å²) in [4.78, 5) is 29.8. The van der Waals surface area contributed by atoms with Gasteiger partial charge in [-0.15, -0.1) is 0 Å². The molecule has 0 N–H and O–H groups in total. The highest BCUT2D eigenvalue weighted by Gasteiger charge is 2.28. The van der Waals surface area contributed by atoms with E-state index in [9.17, 15) is 14.0 Å². The van der Waals surface area contributed by atoms with Crippen LogP contribution in [0.3, 0.4) is 0 Å². The summed E-state index contributed by atoms with van der Waals surface area (Å²) >= 11 is 7.19. The number of carbonyl (C=O) groups is 1. The van der Waals surface area contributed by atoms with Crippen molar-refractivity contribution < 1.29 is 9.18 Å². The second kappa shape index (κ2) is 6.85. The summed E-state index contributed by atoms with van der Waals surface area (Å²) in [7, 11) is 0. The zero-order chi connectivity index (χ0) is 18.3. The van der Waals surface area contributed by atoms with Crippen LogP contribution < -0.4 is 5.56 Å². The van der Waals surface area contributed by atoms with Crippen LogP contribution in [-0.4, -0.2) is 20.6 Å². The second-order valence-corrected chi connectivity index (χ2v) is 7.69. The lowest BCUT2D eigenvalue weighted by molar-refractivity contribution is -0.116. The standard InChI is InChI=1S/C19H14ClFN2O2S/c20-13-10-11(8-9-14(13)21)23-18(25)12-4-1-2-5-15(12)22-19(23)26-17-7-3-6-16(17)24/h1-2,4-5,8-10,17H,3,6-7H2/t17-/m0/s1. The predicted molar refractivity (Wildman–Crippen MR) is 101 cm³/mol. The van der Waals surface area contributed by atoms with E-state index in [1.165, 1.54) is 34.5 Å². The minimum absolute atomic E-state index is 0.0737. The van der Waals surface area contributed by atoms with Crippen LogP contribution in [0.2, 0.25) is 5.02 Å². The van der Waals surface area contributed by atoms with Gasteiger partial charge in [0.15, 0.2) is 5.16 Å². The van der Waals surface area contributed by atoms with Crippen LogP contribution in [0.4, 0.5) is 4.39 Å². The van der Waals surface area contributed by atoms with Gasteiger partial charge < -0.3 is 0 Å². The molecule has 3 aromatic rings. The van der Waals surface area contributed by atoms with Crippen LogP contribution in [0.5, 0.6) is 0 Å². The Morgan fingerprint density at radius 2 is 2.00 bits per heavy atom. The highest BCUT2D eigenvalue weighted by molar-refractivity contribution is 8.00. The van der Waals surface area contributed by atoms with E-state index in [1.54, 1.807) is 18.2 Å². The first-order valence-corrected chi connectivity index (χ1v) is 9.47. The first kappa shape index (κ1) is 17.2. The maximum absolute atomic E-state index is 13.6. The molecule has 0 aliphatic heterocycles. The number of hydrogen-bond donors (Lipinski definition) is 0. The second-order valence-electron chi connectivity index (χ2n) is 6.12. The summed E-state index contributed by atoms with van der Waals surface area (Å²) in [5.74, 6) is -0.390. The Hall–Kier alpha value is -2.18. The normalized spacial score (nSPS) is 17.2. The van der Waals surface area contributed by atoms with E-state index in [0.717, 1.165) is 12.8 Å². The number of rotatable bonds is 3. The number of ketones is 1. The van der Waals surface area contributed by atoms with Crippen molar-refractivity contribution in [3.05, 3.63) is 63.7 Å². The van der Waals surface area contributed by atoms with Crippen LogP contribution in [0, 0.1) is 5.82 Å². The lowest BCUT2D eigenvalue weighted by Crippen LogP contribution is -2.23. The number of aromatic nitrogens is 2. The molecule has 1 heterocycles. The van der Waals surface area contributed by atoms with E-state index in [0.29, 0.717) is 28.2 Å². The maximum Gasteiger partial charge on any atom is 0.266 e. The van der Waals surface area contributed by atoms with E-state index >= 15 is 0 Å². The van der Waals surface area contributed by atoms with Crippen molar-refractivity contribution in [1.29, 1.82) is 0 Å². The summed E-state index contributed by atoms with van der Waals surface area (Å²) in [6.07, 6.45) is 2.16. The summed E-state index contributed by atoms with van der Waals surface area (Å²) in [5, 5.41) is 0.576. The molecule has 1 aromatic heterocycles. The quantitative estimate of drug-likeness (QED) is 0.624. The van der Waals surface area contributed by atoms with Gasteiger partial charge in [0.2, 0.25) is 0 Å². The molecule has 4 nitrogen and oxygen atoms in total. The molecular weight excluding hydrogens is 375 g/mol. The number of carbonyl (C=O) groups excluding carboxylic acids is 1. The molecule has 7 heteroatoms. The van der Waals surface area contributed by atoms with Crippen LogP contribution in [0.25, 0.3) is 16.6 Å². The van der Waals surface area contributed by atoms with Gasteiger partial charge in [-0.25, -0.2) is 9.37 Å². The fourth-order valence-corrected chi connectivity index (χ4v) is 4.49. The molecule has 1 saturated carbocycles. The van der Waals surface area contributed by atoms with Crippen molar-refractivity contribution in [2.75, 3.05) is 0 Å². The average molecular weight is 389 g/mol. The molecular formula is C19H14ClFN2O2S. The third-order valence-corrected chi connectivity index (χ3v) is 5.96. The molecule has 4 rings (SSSR count). The summed E-state index contributed by atoms with van der Waals surface area (Å²) < 4.78 is 15.0. The van der Waals surface area contributed by atoms with Crippen molar-refractivity contribution in [2.24, 2.45) is 0 Å². The molecule has 0 unspecified atom stereocenters. The molecule has 1 aliphatic carbocycles. The summed E-state index contributed by atoms with van der Waals surface area (Å²) in [6.45, 7) is 0. The lowest BCUT2D eigenvalue weighted by Gasteiger charge is -2.15. The van der Waals surface area contributed by atoms with Gasteiger partial charge >= 0.3 is 0 Å².